The molecule has 0 bridgehead atoms. The van der Waals surface area contributed by atoms with Crippen LogP contribution < -0.4 is 10.5 Å². The van der Waals surface area contributed by atoms with Crippen LogP contribution in [0, 0.1) is 0 Å². The van der Waals surface area contributed by atoms with Crippen molar-refractivity contribution < 1.29 is 31.1 Å². The molecule has 2 rings (SSSR count). The summed E-state index contributed by atoms with van der Waals surface area (Å²) >= 11 is 0. The molecule has 10 heteroatoms. The first-order chi connectivity index (χ1) is 10.6. The second kappa shape index (κ2) is 5.88. The molecule has 23 heavy (non-hydrogen) atoms. The Bertz CT molecular complexity index is 833. The van der Waals surface area contributed by atoms with E-state index in [-0.39, 0.29) is 10.6 Å². The number of primary amides is 1. The number of halogens is 3. The first kappa shape index (κ1) is 16.7. The van der Waals surface area contributed by atoms with Gasteiger partial charge >= 0.3 is 6.36 Å². The lowest BCUT2D eigenvalue weighted by Crippen LogP contribution is -2.17. The molecular weight excluding hydrogens is 337 g/mol. The lowest BCUT2D eigenvalue weighted by Gasteiger charge is -2.10. The standard InChI is InChI=1S/C13H9F3N2O4S/c14-13(15,16)22-8-2-1-3-9(6-8)23(20,21)10-4-5-11(12(17)19)18-7-10/h1-7H,(H2,17,19). The topological polar surface area (TPSA) is 99.4 Å². The van der Waals surface area contributed by atoms with Gasteiger partial charge in [0, 0.05) is 6.20 Å². The van der Waals surface area contributed by atoms with Crippen LogP contribution in [0.4, 0.5) is 13.2 Å². The van der Waals surface area contributed by atoms with Gasteiger partial charge in [-0.2, -0.15) is 0 Å². The lowest BCUT2D eigenvalue weighted by atomic mass is 10.3. The van der Waals surface area contributed by atoms with Crippen molar-refractivity contribution in [1.29, 1.82) is 0 Å². The Hall–Kier alpha value is -2.62. The number of hydrogen-bond donors (Lipinski definition) is 1. The number of aromatic nitrogens is 1. The number of alkyl halides is 3. The molecule has 1 aromatic carbocycles. The number of nitrogens with zero attached hydrogens (tertiary/aromatic N) is 1. The third kappa shape index (κ3) is 3.97. The molecule has 122 valence electrons. The van der Waals surface area contributed by atoms with E-state index in [0.717, 1.165) is 42.6 Å². The summed E-state index contributed by atoms with van der Waals surface area (Å²) in [6, 6.07) is 6.12. The van der Waals surface area contributed by atoms with Gasteiger partial charge < -0.3 is 10.5 Å². The molecule has 0 saturated carbocycles. The third-order valence-electron chi connectivity index (χ3n) is 2.65. The SMILES string of the molecule is NC(=O)c1ccc(S(=O)(=O)c2cccc(OC(F)(F)F)c2)cn1. The first-order valence-corrected chi connectivity index (χ1v) is 7.45. The van der Waals surface area contributed by atoms with Gasteiger partial charge in [-0.15, -0.1) is 13.2 Å². The van der Waals surface area contributed by atoms with Crippen molar-refractivity contribution >= 4 is 15.7 Å². The van der Waals surface area contributed by atoms with E-state index in [9.17, 15) is 26.4 Å². The molecule has 1 amide bonds. The van der Waals surface area contributed by atoms with Crippen LogP contribution in [0.25, 0.3) is 0 Å². The van der Waals surface area contributed by atoms with E-state index in [1.165, 1.54) is 0 Å². The predicted molar refractivity (Wildman–Crippen MR) is 71.3 cm³/mol. The van der Waals surface area contributed by atoms with Gasteiger partial charge in [-0.25, -0.2) is 13.4 Å². The highest BCUT2D eigenvalue weighted by Gasteiger charge is 2.31. The third-order valence-corrected chi connectivity index (χ3v) is 4.39. The second-order valence-electron chi connectivity index (χ2n) is 4.27. The summed E-state index contributed by atoms with van der Waals surface area (Å²) < 4.78 is 64.9. The van der Waals surface area contributed by atoms with E-state index in [0.29, 0.717) is 0 Å². The fourth-order valence-corrected chi connectivity index (χ4v) is 2.90. The monoisotopic (exact) mass is 346 g/mol. The number of ether oxygens (including phenoxy) is 1. The van der Waals surface area contributed by atoms with E-state index >= 15 is 0 Å². The summed E-state index contributed by atoms with van der Waals surface area (Å²) in [5, 5.41) is 0. The smallest absolute Gasteiger partial charge is 0.406 e. The molecule has 0 aliphatic carbocycles. The molecule has 0 unspecified atom stereocenters. The highest BCUT2D eigenvalue weighted by molar-refractivity contribution is 7.91. The number of carbonyl (C=O) groups excluding carboxylic acids is 1. The lowest BCUT2D eigenvalue weighted by molar-refractivity contribution is -0.274. The van der Waals surface area contributed by atoms with E-state index in [4.69, 9.17) is 5.73 Å². The van der Waals surface area contributed by atoms with Crippen LogP contribution in [-0.4, -0.2) is 25.7 Å². The summed E-state index contributed by atoms with van der Waals surface area (Å²) in [5.41, 5.74) is 4.85. The Morgan fingerprint density at radius 2 is 1.83 bits per heavy atom. The Balaban J connectivity index is 2.39. The average Bonchev–Trinajstić information content (AvgIpc) is 2.46. The fraction of sp³-hybridized carbons (Fsp3) is 0.0769. The predicted octanol–water partition coefficient (Wildman–Crippen LogP) is 1.91. The van der Waals surface area contributed by atoms with Gasteiger partial charge in [-0.1, -0.05) is 6.07 Å². The van der Waals surface area contributed by atoms with Crippen molar-refractivity contribution in [3.8, 4) is 5.75 Å². The summed E-state index contributed by atoms with van der Waals surface area (Å²) in [6.45, 7) is 0. The van der Waals surface area contributed by atoms with Crippen LogP contribution in [0.3, 0.4) is 0 Å². The Morgan fingerprint density at radius 1 is 1.13 bits per heavy atom. The van der Waals surface area contributed by atoms with Crippen molar-refractivity contribution in [2.75, 3.05) is 0 Å². The molecule has 2 aromatic rings. The van der Waals surface area contributed by atoms with Gasteiger partial charge in [0.25, 0.3) is 5.91 Å². The molecule has 0 radical (unpaired) electrons. The maximum atomic E-state index is 12.3. The van der Waals surface area contributed by atoms with Crippen LogP contribution in [0.15, 0.2) is 52.4 Å². The van der Waals surface area contributed by atoms with Crippen molar-refractivity contribution in [2.24, 2.45) is 5.73 Å². The summed E-state index contributed by atoms with van der Waals surface area (Å²) in [4.78, 5) is 13.8. The number of rotatable bonds is 4. The summed E-state index contributed by atoms with van der Waals surface area (Å²) in [7, 11) is -4.12. The highest BCUT2D eigenvalue weighted by atomic mass is 32.2. The molecule has 0 fully saturated rings. The van der Waals surface area contributed by atoms with Gasteiger partial charge in [0.15, 0.2) is 0 Å². The molecule has 2 N–H and O–H groups in total. The van der Waals surface area contributed by atoms with Crippen molar-refractivity contribution in [1.82, 2.24) is 4.98 Å². The molecule has 1 heterocycles. The van der Waals surface area contributed by atoms with Gasteiger partial charge in [-0.05, 0) is 30.3 Å². The number of carbonyl (C=O) groups is 1. The molecular formula is C13H9F3N2O4S. The van der Waals surface area contributed by atoms with Gasteiger partial charge in [0.2, 0.25) is 9.84 Å². The summed E-state index contributed by atoms with van der Waals surface area (Å²) in [6.07, 6.45) is -4.04. The number of amides is 1. The van der Waals surface area contributed by atoms with Gasteiger partial charge in [0.05, 0.1) is 9.79 Å². The molecule has 0 aliphatic rings. The Morgan fingerprint density at radius 3 is 2.35 bits per heavy atom. The average molecular weight is 346 g/mol. The maximum Gasteiger partial charge on any atom is 0.573 e. The number of pyridine rings is 1. The van der Waals surface area contributed by atoms with Crippen LogP contribution in [-0.2, 0) is 9.84 Å². The van der Waals surface area contributed by atoms with E-state index in [1.807, 2.05) is 0 Å². The molecule has 6 nitrogen and oxygen atoms in total. The Kier molecular flexibility index (Phi) is 4.28. The van der Waals surface area contributed by atoms with Crippen LogP contribution >= 0.6 is 0 Å². The molecule has 0 aliphatic heterocycles. The largest absolute Gasteiger partial charge is 0.573 e. The Labute approximate surface area is 128 Å². The van der Waals surface area contributed by atoms with Gasteiger partial charge in [-0.3, -0.25) is 4.79 Å². The molecule has 0 saturated heterocycles. The van der Waals surface area contributed by atoms with E-state index < -0.39 is 32.8 Å². The molecule has 0 spiro atoms. The van der Waals surface area contributed by atoms with E-state index in [1.54, 1.807) is 0 Å². The molecule has 0 atom stereocenters. The normalized spacial score (nSPS) is 12.0. The highest BCUT2D eigenvalue weighted by Crippen LogP contribution is 2.27. The number of sulfone groups is 1. The zero-order chi connectivity index (χ0) is 17.3. The molecule has 1 aromatic heterocycles. The maximum absolute atomic E-state index is 12.3. The zero-order valence-electron chi connectivity index (χ0n) is 11.2. The van der Waals surface area contributed by atoms with Gasteiger partial charge in [0.1, 0.15) is 11.4 Å². The van der Waals surface area contributed by atoms with Crippen molar-refractivity contribution in [3.63, 3.8) is 0 Å². The minimum Gasteiger partial charge on any atom is -0.406 e. The first-order valence-electron chi connectivity index (χ1n) is 5.96. The fourth-order valence-electron chi connectivity index (χ4n) is 1.66. The van der Waals surface area contributed by atoms with E-state index in [2.05, 4.69) is 9.72 Å². The minimum absolute atomic E-state index is 0.141. The summed E-state index contributed by atoms with van der Waals surface area (Å²) in [5.74, 6) is -1.50. The van der Waals surface area contributed by atoms with Crippen LogP contribution in [0.1, 0.15) is 10.5 Å². The van der Waals surface area contributed by atoms with Crippen LogP contribution in [0.2, 0.25) is 0 Å². The quantitative estimate of drug-likeness (QED) is 0.912. The zero-order valence-corrected chi connectivity index (χ0v) is 12.1. The van der Waals surface area contributed by atoms with Crippen molar-refractivity contribution in [3.05, 3.63) is 48.3 Å². The second-order valence-corrected chi connectivity index (χ2v) is 6.22. The van der Waals surface area contributed by atoms with Crippen LogP contribution in [0.5, 0.6) is 5.75 Å². The van der Waals surface area contributed by atoms with Crippen molar-refractivity contribution in [2.45, 2.75) is 16.2 Å². The number of hydrogen-bond acceptors (Lipinski definition) is 5. The number of benzene rings is 1. The number of nitrogens with two attached hydrogens (primary N) is 1. The minimum atomic E-state index is -4.94.